The second-order valence-electron chi connectivity index (χ2n) is 8.94. The molecule has 1 saturated heterocycles. The molecule has 8 nitrogen and oxygen atoms in total. The van der Waals surface area contributed by atoms with Crippen LogP contribution < -0.4 is 10.6 Å². The Kier molecular flexibility index (Phi) is 9.28. The predicted molar refractivity (Wildman–Crippen MR) is 121 cm³/mol. The van der Waals surface area contributed by atoms with E-state index >= 15 is 0 Å². The van der Waals surface area contributed by atoms with Crippen LogP contribution in [0, 0.1) is 12.8 Å². The number of amides is 3. The van der Waals surface area contributed by atoms with Crippen molar-refractivity contribution in [1.82, 2.24) is 20.5 Å². The highest BCUT2D eigenvalue weighted by atomic mass is 32.1. The van der Waals surface area contributed by atoms with Crippen LogP contribution in [0.25, 0.3) is 0 Å². The molecule has 1 atom stereocenters. The van der Waals surface area contributed by atoms with Crippen molar-refractivity contribution in [3.05, 3.63) is 15.6 Å². The Morgan fingerprint density at radius 2 is 1.94 bits per heavy atom. The highest BCUT2D eigenvalue weighted by molar-refractivity contribution is 7.13. The standard InChI is InChI=1S/C22H36N4O4S/c1-6-7-10-17-25-15(2)18(31-17)20(28)26-13-8-9-16(14-26)19(27)23-11-12-24-21(29)30-22(3,4)5/h16H,6-14H2,1-5H3,(H,23,27)(H,24,29). The number of carbonyl (C=O) groups is 3. The van der Waals surface area contributed by atoms with Crippen LogP contribution in [0.15, 0.2) is 0 Å². The number of carbonyl (C=O) groups excluding carboxylic acids is 3. The molecular formula is C22H36N4O4S. The number of hydrogen-bond acceptors (Lipinski definition) is 6. The van der Waals surface area contributed by atoms with Crippen LogP contribution in [0.3, 0.4) is 0 Å². The van der Waals surface area contributed by atoms with E-state index in [0.717, 1.165) is 42.8 Å². The number of aryl methyl sites for hydroxylation is 2. The van der Waals surface area contributed by atoms with Gasteiger partial charge in [-0.2, -0.15) is 0 Å². The zero-order valence-corrected chi connectivity index (χ0v) is 20.2. The van der Waals surface area contributed by atoms with Crippen molar-refractivity contribution in [3.63, 3.8) is 0 Å². The maximum absolute atomic E-state index is 13.0. The average molecular weight is 453 g/mol. The molecule has 9 heteroatoms. The number of ether oxygens (including phenoxy) is 1. The van der Waals surface area contributed by atoms with Crippen molar-refractivity contribution >= 4 is 29.2 Å². The maximum atomic E-state index is 13.0. The van der Waals surface area contributed by atoms with Gasteiger partial charge in [-0.3, -0.25) is 9.59 Å². The van der Waals surface area contributed by atoms with Crippen molar-refractivity contribution < 1.29 is 19.1 Å². The Labute approximate surface area is 189 Å². The summed E-state index contributed by atoms with van der Waals surface area (Å²) >= 11 is 1.48. The van der Waals surface area contributed by atoms with Gasteiger partial charge in [-0.1, -0.05) is 13.3 Å². The molecule has 2 rings (SSSR count). The number of nitrogens with one attached hydrogen (secondary N) is 2. The first kappa shape index (κ1) is 25.1. The van der Waals surface area contributed by atoms with Crippen LogP contribution in [0.2, 0.25) is 0 Å². The molecule has 1 fully saturated rings. The number of likely N-dealkylation sites (tertiary alicyclic amines) is 1. The van der Waals surface area contributed by atoms with Crippen LogP contribution >= 0.6 is 11.3 Å². The molecule has 0 aliphatic carbocycles. The van der Waals surface area contributed by atoms with E-state index < -0.39 is 11.7 Å². The third kappa shape index (κ3) is 8.12. The van der Waals surface area contributed by atoms with Gasteiger partial charge in [0.05, 0.1) is 16.6 Å². The van der Waals surface area contributed by atoms with E-state index in [2.05, 4.69) is 22.5 Å². The highest BCUT2D eigenvalue weighted by Crippen LogP contribution is 2.25. The lowest BCUT2D eigenvalue weighted by Crippen LogP contribution is -2.46. The summed E-state index contributed by atoms with van der Waals surface area (Å²) in [4.78, 5) is 44.3. The van der Waals surface area contributed by atoms with Crippen LogP contribution in [0.1, 0.15) is 73.8 Å². The summed E-state index contributed by atoms with van der Waals surface area (Å²) in [6.07, 6.45) is 4.10. The average Bonchev–Trinajstić information content (AvgIpc) is 3.08. The minimum Gasteiger partial charge on any atom is -0.444 e. The summed E-state index contributed by atoms with van der Waals surface area (Å²) in [5.74, 6) is -0.359. The van der Waals surface area contributed by atoms with Gasteiger partial charge in [-0.15, -0.1) is 11.3 Å². The molecule has 1 aromatic heterocycles. The summed E-state index contributed by atoms with van der Waals surface area (Å²) in [5, 5.41) is 6.48. The third-order valence-electron chi connectivity index (χ3n) is 4.95. The Bertz CT molecular complexity index is 772. The molecule has 2 N–H and O–H groups in total. The Morgan fingerprint density at radius 1 is 1.23 bits per heavy atom. The molecule has 0 aromatic carbocycles. The lowest BCUT2D eigenvalue weighted by Gasteiger charge is -2.31. The minimum atomic E-state index is -0.557. The van der Waals surface area contributed by atoms with Crippen molar-refractivity contribution in [2.45, 2.75) is 72.3 Å². The third-order valence-corrected chi connectivity index (χ3v) is 6.16. The van der Waals surface area contributed by atoms with E-state index in [1.165, 1.54) is 11.3 Å². The van der Waals surface area contributed by atoms with Gasteiger partial charge in [0, 0.05) is 26.2 Å². The number of rotatable bonds is 8. The van der Waals surface area contributed by atoms with Gasteiger partial charge in [-0.05, 0) is 53.4 Å². The lowest BCUT2D eigenvalue weighted by atomic mass is 9.97. The molecule has 1 aromatic rings. The summed E-state index contributed by atoms with van der Waals surface area (Å²) in [6.45, 7) is 11.1. The molecule has 2 heterocycles. The van der Waals surface area contributed by atoms with E-state index in [-0.39, 0.29) is 24.3 Å². The molecule has 31 heavy (non-hydrogen) atoms. The molecule has 0 spiro atoms. The SMILES string of the molecule is CCCCc1nc(C)c(C(=O)N2CCCC(C(=O)NCCNC(=O)OC(C)(C)C)C2)s1. The quantitative estimate of drug-likeness (QED) is 0.590. The number of aromatic nitrogens is 1. The van der Waals surface area contributed by atoms with Gasteiger partial charge in [0.25, 0.3) is 5.91 Å². The minimum absolute atomic E-state index is 0.0261. The van der Waals surface area contributed by atoms with Crippen molar-refractivity contribution in [3.8, 4) is 0 Å². The summed E-state index contributed by atoms with van der Waals surface area (Å²) < 4.78 is 5.17. The van der Waals surface area contributed by atoms with E-state index in [1.807, 2.05) is 6.92 Å². The largest absolute Gasteiger partial charge is 0.444 e. The lowest BCUT2D eigenvalue weighted by molar-refractivity contribution is -0.126. The zero-order chi connectivity index (χ0) is 23.0. The van der Waals surface area contributed by atoms with Crippen LogP contribution in [0.4, 0.5) is 4.79 Å². The Balaban J connectivity index is 1.82. The first-order valence-corrected chi connectivity index (χ1v) is 11.9. The van der Waals surface area contributed by atoms with E-state index in [4.69, 9.17) is 4.74 Å². The number of thiazole rings is 1. The summed E-state index contributed by atoms with van der Waals surface area (Å²) in [7, 11) is 0. The van der Waals surface area contributed by atoms with Gasteiger partial charge < -0.3 is 20.3 Å². The molecular weight excluding hydrogens is 416 g/mol. The zero-order valence-electron chi connectivity index (χ0n) is 19.4. The number of hydrogen-bond donors (Lipinski definition) is 2. The first-order valence-electron chi connectivity index (χ1n) is 11.1. The van der Waals surface area contributed by atoms with E-state index in [0.29, 0.717) is 24.5 Å². The number of piperidine rings is 1. The monoisotopic (exact) mass is 452 g/mol. The van der Waals surface area contributed by atoms with Gasteiger partial charge in [0.15, 0.2) is 0 Å². The molecule has 1 unspecified atom stereocenters. The smallest absolute Gasteiger partial charge is 0.407 e. The topological polar surface area (TPSA) is 101 Å². The summed E-state index contributed by atoms with van der Waals surface area (Å²) in [6, 6.07) is 0. The number of alkyl carbamates (subject to hydrolysis) is 1. The second kappa shape index (κ2) is 11.5. The molecule has 174 valence electrons. The predicted octanol–water partition coefficient (Wildman–Crippen LogP) is 3.29. The number of nitrogens with zero attached hydrogens (tertiary/aromatic N) is 2. The number of unbranched alkanes of at least 4 members (excludes halogenated alkanes) is 1. The second-order valence-corrected chi connectivity index (χ2v) is 10.0. The fourth-order valence-electron chi connectivity index (χ4n) is 3.41. The van der Waals surface area contributed by atoms with Gasteiger partial charge >= 0.3 is 6.09 Å². The van der Waals surface area contributed by atoms with Crippen molar-refractivity contribution in [2.75, 3.05) is 26.2 Å². The fraction of sp³-hybridized carbons (Fsp3) is 0.727. The molecule has 0 radical (unpaired) electrons. The summed E-state index contributed by atoms with van der Waals surface area (Å²) in [5.41, 5.74) is 0.222. The van der Waals surface area contributed by atoms with Crippen LogP contribution in [0.5, 0.6) is 0 Å². The van der Waals surface area contributed by atoms with Crippen molar-refractivity contribution in [1.29, 1.82) is 0 Å². The molecule has 3 amide bonds. The van der Waals surface area contributed by atoms with E-state index in [1.54, 1.807) is 25.7 Å². The van der Waals surface area contributed by atoms with Gasteiger partial charge in [0.1, 0.15) is 10.5 Å². The Morgan fingerprint density at radius 3 is 2.61 bits per heavy atom. The van der Waals surface area contributed by atoms with Crippen LogP contribution in [-0.2, 0) is 16.0 Å². The van der Waals surface area contributed by atoms with Crippen LogP contribution in [-0.4, -0.2) is 59.6 Å². The van der Waals surface area contributed by atoms with Gasteiger partial charge in [0.2, 0.25) is 5.91 Å². The highest BCUT2D eigenvalue weighted by Gasteiger charge is 2.30. The molecule has 0 saturated carbocycles. The fourth-order valence-corrected chi connectivity index (χ4v) is 4.49. The van der Waals surface area contributed by atoms with Gasteiger partial charge in [-0.25, -0.2) is 9.78 Å². The Hall–Kier alpha value is -2.16. The maximum Gasteiger partial charge on any atom is 0.407 e. The first-order chi connectivity index (χ1) is 14.6. The van der Waals surface area contributed by atoms with Crippen molar-refractivity contribution in [2.24, 2.45) is 5.92 Å². The molecule has 1 aliphatic rings. The normalized spacial score (nSPS) is 16.7. The molecule has 1 aliphatic heterocycles. The molecule has 0 bridgehead atoms. The van der Waals surface area contributed by atoms with E-state index in [9.17, 15) is 14.4 Å².